The van der Waals surface area contributed by atoms with Crippen molar-refractivity contribution in [1.29, 1.82) is 0 Å². The number of amides is 2. The average molecular weight is 412 g/mol. The minimum absolute atomic E-state index is 0.139. The highest BCUT2D eigenvalue weighted by molar-refractivity contribution is 6.36. The largest absolute Gasteiger partial charge is 0.489 e. The highest BCUT2D eigenvalue weighted by Gasteiger charge is 2.35. The fraction of sp³-hybridized carbons (Fsp3) is 0.0833. The normalized spacial score (nSPS) is 14.8. The summed E-state index contributed by atoms with van der Waals surface area (Å²) in [7, 11) is 0. The van der Waals surface area contributed by atoms with Crippen LogP contribution in [0.1, 0.15) is 27.1 Å². The number of imide groups is 1. The van der Waals surface area contributed by atoms with Gasteiger partial charge in [0.2, 0.25) is 0 Å². The maximum Gasteiger partial charge on any atom is 0.270 e. The molecular formula is C24H16N2O5. The van der Waals surface area contributed by atoms with Crippen molar-refractivity contribution in [3.8, 4) is 5.75 Å². The molecule has 2 aliphatic rings. The van der Waals surface area contributed by atoms with E-state index in [0.29, 0.717) is 34.4 Å². The Morgan fingerprint density at radius 1 is 1.00 bits per heavy atom. The molecular weight excluding hydrogens is 396 g/mol. The molecule has 0 aromatic heterocycles. The standard InChI is InChI=1S/C24H16N2O5/c27-23-20-7-3-6-16-12-18(26(29)30)13-21(22(16)20)24(28)25(23)17-8-10-19(11-9-17)31-14-15-4-1-2-5-15/h1-4,6-13H,5,14H2. The number of allylic oxidation sites excluding steroid dienone is 3. The molecule has 31 heavy (non-hydrogen) atoms. The van der Waals surface area contributed by atoms with Crippen LogP contribution in [0, 0.1) is 10.1 Å². The lowest BCUT2D eigenvalue weighted by atomic mass is 9.93. The Balaban J connectivity index is 1.49. The van der Waals surface area contributed by atoms with Crippen molar-refractivity contribution in [2.75, 3.05) is 11.5 Å². The number of benzene rings is 3. The maximum absolute atomic E-state index is 13.2. The molecule has 3 aromatic rings. The Hall–Kier alpha value is -4.26. The van der Waals surface area contributed by atoms with E-state index < -0.39 is 16.7 Å². The van der Waals surface area contributed by atoms with Crippen molar-refractivity contribution in [1.82, 2.24) is 0 Å². The van der Waals surface area contributed by atoms with E-state index in [1.807, 2.05) is 12.2 Å². The molecule has 3 aromatic carbocycles. The van der Waals surface area contributed by atoms with Gasteiger partial charge < -0.3 is 4.74 Å². The first-order valence-electron chi connectivity index (χ1n) is 9.70. The first-order chi connectivity index (χ1) is 15.0. The summed E-state index contributed by atoms with van der Waals surface area (Å²) < 4.78 is 5.76. The molecule has 1 aliphatic carbocycles. The first-order valence-corrected chi connectivity index (χ1v) is 9.70. The number of nitro benzene ring substituents is 1. The Morgan fingerprint density at radius 2 is 1.77 bits per heavy atom. The molecule has 0 fully saturated rings. The molecule has 0 saturated heterocycles. The van der Waals surface area contributed by atoms with Crippen LogP contribution in [0.25, 0.3) is 10.8 Å². The van der Waals surface area contributed by atoms with Crippen LogP contribution in [0.4, 0.5) is 11.4 Å². The van der Waals surface area contributed by atoms with E-state index in [9.17, 15) is 19.7 Å². The molecule has 0 spiro atoms. The van der Waals surface area contributed by atoms with Gasteiger partial charge in [-0.05, 0) is 47.7 Å². The number of hydrogen-bond acceptors (Lipinski definition) is 5. The van der Waals surface area contributed by atoms with Crippen LogP contribution < -0.4 is 9.64 Å². The third-order valence-corrected chi connectivity index (χ3v) is 5.41. The van der Waals surface area contributed by atoms with Crippen molar-refractivity contribution < 1.29 is 19.2 Å². The molecule has 0 atom stereocenters. The molecule has 1 heterocycles. The van der Waals surface area contributed by atoms with Gasteiger partial charge in [0.05, 0.1) is 16.2 Å². The summed E-state index contributed by atoms with van der Waals surface area (Å²) in [4.78, 5) is 38.2. The number of non-ortho nitro benzene ring substituents is 1. The third kappa shape index (κ3) is 3.16. The van der Waals surface area contributed by atoms with Gasteiger partial charge in [-0.25, -0.2) is 4.90 Å². The van der Waals surface area contributed by atoms with Gasteiger partial charge in [0.15, 0.2) is 0 Å². The zero-order valence-corrected chi connectivity index (χ0v) is 16.3. The second kappa shape index (κ2) is 7.21. The number of rotatable bonds is 5. The lowest BCUT2D eigenvalue weighted by Gasteiger charge is -2.27. The summed E-state index contributed by atoms with van der Waals surface area (Å²) >= 11 is 0. The van der Waals surface area contributed by atoms with Gasteiger partial charge in [0, 0.05) is 23.1 Å². The number of ether oxygens (including phenoxy) is 1. The van der Waals surface area contributed by atoms with E-state index in [4.69, 9.17) is 4.74 Å². The summed E-state index contributed by atoms with van der Waals surface area (Å²) in [5.41, 5.74) is 1.82. The smallest absolute Gasteiger partial charge is 0.270 e. The Bertz CT molecular complexity index is 1320. The number of carbonyl (C=O) groups excluding carboxylic acids is 2. The van der Waals surface area contributed by atoms with Crippen LogP contribution in [-0.4, -0.2) is 23.3 Å². The lowest BCUT2D eigenvalue weighted by Crippen LogP contribution is -2.40. The zero-order chi connectivity index (χ0) is 21.5. The lowest BCUT2D eigenvalue weighted by molar-refractivity contribution is -0.384. The molecule has 1 aliphatic heterocycles. The molecule has 7 nitrogen and oxygen atoms in total. The van der Waals surface area contributed by atoms with Crippen LogP contribution in [0.3, 0.4) is 0 Å². The van der Waals surface area contributed by atoms with Crippen LogP contribution >= 0.6 is 0 Å². The SMILES string of the molecule is O=C1c2cccc3cc([N+](=O)[O-])cc(c23)C(=O)N1c1ccc(OCC2=CC=CC2)cc1. The van der Waals surface area contributed by atoms with Crippen LogP contribution in [-0.2, 0) is 0 Å². The Kier molecular flexibility index (Phi) is 4.36. The highest BCUT2D eigenvalue weighted by atomic mass is 16.6. The molecule has 0 saturated carbocycles. The van der Waals surface area contributed by atoms with Gasteiger partial charge in [-0.3, -0.25) is 19.7 Å². The van der Waals surface area contributed by atoms with Crippen molar-refractivity contribution in [3.05, 3.63) is 99.6 Å². The van der Waals surface area contributed by atoms with E-state index in [0.717, 1.165) is 16.9 Å². The second-order valence-electron chi connectivity index (χ2n) is 7.34. The topological polar surface area (TPSA) is 89.8 Å². The van der Waals surface area contributed by atoms with Gasteiger partial charge in [0.25, 0.3) is 17.5 Å². The predicted octanol–water partition coefficient (Wildman–Crippen LogP) is 4.81. The minimum atomic E-state index is -0.590. The second-order valence-corrected chi connectivity index (χ2v) is 7.34. The van der Waals surface area contributed by atoms with Crippen molar-refractivity contribution >= 4 is 34.0 Å². The zero-order valence-electron chi connectivity index (χ0n) is 16.3. The van der Waals surface area contributed by atoms with E-state index in [1.165, 1.54) is 12.1 Å². The number of hydrogen-bond donors (Lipinski definition) is 0. The summed E-state index contributed by atoms with van der Waals surface area (Å²) in [5, 5.41) is 12.3. The average Bonchev–Trinajstić information content (AvgIpc) is 3.30. The molecule has 0 unspecified atom stereocenters. The summed E-state index contributed by atoms with van der Waals surface area (Å²) in [5.74, 6) is -0.437. The van der Waals surface area contributed by atoms with E-state index in [2.05, 4.69) is 6.08 Å². The van der Waals surface area contributed by atoms with E-state index >= 15 is 0 Å². The van der Waals surface area contributed by atoms with Crippen LogP contribution in [0.15, 0.2) is 78.4 Å². The molecule has 2 amide bonds. The number of nitrogens with zero attached hydrogens (tertiary/aromatic N) is 2. The summed E-state index contributed by atoms with van der Waals surface area (Å²) in [6.45, 7) is 0.465. The Morgan fingerprint density at radius 3 is 2.48 bits per heavy atom. The number of anilines is 1. The van der Waals surface area contributed by atoms with E-state index in [1.54, 1.807) is 42.5 Å². The fourth-order valence-electron chi connectivity index (χ4n) is 3.90. The van der Waals surface area contributed by atoms with Crippen molar-refractivity contribution in [2.45, 2.75) is 6.42 Å². The van der Waals surface area contributed by atoms with Crippen LogP contribution in [0.2, 0.25) is 0 Å². The van der Waals surface area contributed by atoms with Crippen molar-refractivity contribution in [2.24, 2.45) is 0 Å². The molecule has 7 heteroatoms. The van der Waals surface area contributed by atoms with Gasteiger partial charge >= 0.3 is 0 Å². The van der Waals surface area contributed by atoms with Gasteiger partial charge in [-0.2, -0.15) is 0 Å². The minimum Gasteiger partial charge on any atom is -0.489 e. The fourth-order valence-corrected chi connectivity index (χ4v) is 3.90. The van der Waals surface area contributed by atoms with Crippen LogP contribution in [0.5, 0.6) is 5.75 Å². The predicted molar refractivity (Wildman–Crippen MR) is 116 cm³/mol. The third-order valence-electron chi connectivity index (χ3n) is 5.41. The molecule has 0 bridgehead atoms. The monoisotopic (exact) mass is 412 g/mol. The summed E-state index contributed by atoms with van der Waals surface area (Å²) in [6, 6.07) is 14.2. The molecule has 0 N–H and O–H groups in total. The molecule has 0 radical (unpaired) electrons. The molecule has 5 rings (SSSR count). The van der Waals surface area contributed by atoms with Gasteiger partial charge in [-0.15, -0.1) is 0 Å². The number of carbonyl (C=O) groups is 2. The highest BCUT2D eigenvalue weighted by Crippen LogP contribution is 2.35. The van der Waals surface area contributed by atoms with Gasteiger partial charge in [-0.1, -0.05) is 30.4 Å². The Labute approximate surface area is 177 Å². The van der Waals surface area contributed by atoms with E-state index in [-0.39, 0.29) is 11.3 Å². The quantitative estimate of drug-likeness (QED) is 0.341. The first kappa shape index (κ1) is 18.7. The number of nitro groups is 1. The van der Waals surface area contributed by atoms with Crippen molar-refractivity contribution in [3.63, 3.8) is 0 Å². The summed E-state index contributed by atoms with van der Waals surface area (Å²) in [6.07, 6.45) is 6.92. The molecule has 152 valence electrons. The maximum atomic E-state index is 13.2. The van der Waals surface area contributed by atoms with Gasteiger partial charge in [0.1, 0.15) is 12.4 Å².